The zero-order valence-corrected chi connectivity index (χ0v) is 13.1. The normalized spacial score (nSPS) is 18.2. The Morgan fingerprint density at radius 3 is 2.91 bits per heavy atom. The molecule has 0 amide bonds. The summed E-state index contributed by atoms with van der Waals surface area (Å²) in [6.07, 6.45) is 4.39. The van der Waals surface area contributed by atoms with Gasteiger partial charge in [-0.3, -0.25) is 0 Å². The summed E-state index contributed by atoms with van der Waals surface area (Å²) in [6.45, 7) is 2.90. The number of pyridine rings is 1. The Morgan fingerprint density at radius 1 is 1.17 bits per heavy atom. The van der Waals surface area contributed by atoms with Gasteiger partial charge in [0.15, 0.2) is 11.5 Å². The molecule has 23 heavy (non-hydrogen) atoms. The smallest absolute Gasteiger partial charge is 0.156 e. The van der Waals surface area contributed by atoms with Crippen molar-refractivity contribution < 1.29 is 0 Å². The predicted molar refractivity (Wildman–Crippen MR) is 91.6 cm³/mol. The van der Waals surface area contributed by atoms with Gasteiger partial charge in [0.25, 0.3) is 0 Å². The van der Waals surface area contributed by atoms with Crippen LogP contribution >= 0.6 is 0 Å². The lowest BCUT2D eigenvalue weighted by Crippen LogP contribution is -2.28. The molecule has 1 fully saturated rings. The van der Waals surface area contributed by atoms with Crippen LogP contribution in [0.4, 0.5) is 5.69 Å². The number of anilines is 1. The Morgan fingerprint density at radius 2 is 2.09 bits per heavy atom. The van der Waals surface area contributed by atoms with Crippen molar-refractivity contribution in [2.45, 2.75) is 25.3 Å². The Balaban J connectivity index is 1.51. The number of hydrogen-bond acceptors (Lipinski definition) is 4. The van der Waals surface area contributed by atoms with Crippen molar-refractivity contribution in [3.8, 4) is 0 Å². The van der Waals surface area contributed by atoms with Gasteiger partial charge in [-0.15, -0.1) is 0 Å². The molecule has 0 radical (unpaired) electrons. The summed E-state index contributed by atoms with van der Waals surface area (Å²) in [5, 5.41) is 11.5. The van der Waals surface area contributed by atoms with Crippen LogP contribution in [0, 0.1) is 0 Å². The molecule has 1 aromatic carbocycles. The maximum atomic E-state index is 4.68. The molecule has 1 atom stereocenters. The van der Waals surface area contributed by atoms with Crippen LogP contribution in [0.2, 0.25) is 0 Å². The van der Waals surface area contributed by atoms with Crippen molar-refractivity contribution in [2.24, 2.45) is 0 Å². The van der Waals surface area contributed by atoms with Crippen LogP contribution in [-0.4, -0.2) is 27.7 Å². The molecule has 3 heterocycles. The Hall–Kier alpha value is -2.40. The van der Waals surface area contributed by atoms with Crippen molar-refractivity contribution in [1.29, 1.82) is 0 Å². The van der Waals surface area contributed by atoms with Crippen molar-refractivity contribution in [1.82, 2.24) is 19.9 Å². The first-order valence-electron chi connectivity index (χ1n) is 8.23. The SMILES string of the molecule is c1ccc(CNc2ccc3nc([C@H]4CCCNC4)nn3c2)cc1. The highest BCUT2D eigenvalue weighted by molar-refractivity contribution is 5.49. The highest BCUT2D eigenvalue weighted by atomic mass is 15.3. The molecule has 2 aromatic heterocycles. The predicted octanol–water partition coefficient (Wildman–Crippen LogP) is 2.81. The molecule has 118 valence electrons. The highest BCUT2D eigenvalue weighted by Gasteiger charge is 2.19. The average molecular weight is 307 g/mol. The minimum absolute atomic E-state index is 0.435. The molecule has 4 rings (SSSR count). The highest BCUT2D eigenvalue weighted by Crippen LogP contribution is 2.21. The first-order valence-corrected chi connectivity index (χ1v) is 8.23. The summed E-state index contributed by atoms with van der Waals surface area (Å²) < 4.78 is 1.89. The second-order valence-electron chi connectivity index (χ2n) is 6.07. The molecule has 1 saturated heterocycles. The van der Waals surface area contributed by atoms with Gasteiger partial charge in [0.1, 0.15) is 0 Å². The van der Waals surface area contributed by atoms with E-state index in [2.05, 4.69) is 51.0 Å². The van der Waals surface area contributed by atoms with Crippen molar-refractivity contribution in [3.05, 3.63) is 60.0 Å². The van der Waals surface area contributed by atoms with E-state index in [4.69, 9.17) is 0 Å². The molecule has 1 aliphatic rings. The molecule has 0 bridgehead atoms. The van der Waals surface area contributed by atoms with Gasteiger partial charge in [-0.1, -0.05) is 30.3 Å². The van der Waals surface area contributed by atoms with Crippen LogP contribution < -0.4 is 10.6 Å². The van der Waals surface area contributed by atoms with E-state index in [0.717, 1.165) is 36.8 Å². The summed E-state index contributed by atoms with van der Waals surface area (Å²) in [7, 11) is 0. The summed E-state index contributed by atoms with van der Waals surface area (Å²) in [5.41, 5.74) is 3.23. The summed E-state index contributed by atoms with van der Waals surface area (Å²) in [5.74, 6) is 1.39. The molecule has 0 saturated carbocycles. The number of fused-ring (bicyclic) bond motifs is 1. The number of hydrogen-bond donors (Lipinski definition) is 2. The van der Waals surface area contributed by atoms with Crippen LogP contribution in [0.15, 0.2) is 48.7 Å². The molecule has 0 aliphatic carbocycles. The molecule has 3 aromatic rings. The molecule has 5 nitrogen and oxygen atoms in total. The van der Waals surface area contributed by atoms with E-state index in [0.29, 0.717) is 5.92 Å². The summed E-state index contributed by atoms with van der Waals surface area (Å²) in [4.78, 5) is 4.68. The molecule has 0 spiro atoms. The standard InChI is InChI=1S/C18H21N5/c1-2-5-14(6-3-1)11-20-16-8-9-17-21-18(22-23(17)13-16)15-7-4-10-19-12-15/h1-3,5-6,8-9,13,15,19-20H,4,7,10-12H2/t15-/m0/s1. The summed E-state index contributed by atoms with van der Waals surface area (Å²) >= 11 is 0. The fourth-order valence-corrected chi connectivity index (χ4v) is 3.05. The summed E-state index contributed by atoms with van der Waals surface area (Å²) in [6, 6.07) is 14.5. The number of nitrogens with zero attached hydrogens (tertiary/aromatic N) is 3. The van der Waals surface area contributed by atoms with Gasteiger partial charge in [0, 0.05) is 19.0 Å². The lowest BCUT2D eigenvalue weighted by molar-refractivity contribution is 0.447. The second-order valence-corrected chi connectivity index (χ2v) is 6.07. The molecule has 0 unspecified atom stereocenters. The molecule has 2 N–H and O–H groups in total. The number of rotatable bonds is 4. The zero-order chi connectivity index (χ0) is 15.5. The second kappa shape index (κ2) is 6.38. The minimum Gasteiger partial charge on any atom is -0.380 e. The third-order valence-electron chi connectivity index (χ3n) is 4.35. The fourth-order valence-electron chi connectivity index (χ4n) is 3.05. The van der Waals surface area contributed by atoms with Crippen LogP contribution in [-0.2, 0) is 6.54 Å². The van der Waals surface area contributed by atoms with Gasteiger partial charge < -0.3 is 10.6 Å². The van der Waals surface area contributed by atoms with E-state index in [1.54, 1.807) is 0 Å². The van der Waals surface area contributed by atoms with Crippen LogP contribution in [0.1, 0.15) is 30.1 Å². The van der Waals surface area contributed by atoms with Crippen LogP contribution in [0.3, 0.4) is 0 Å². The Kier molecular flexibility index (Phi) is 3.94. The van der Waals surface area contributed by atoms with Gasteiger partial charge >= 0.3 is 0 Å². The van der Waals surface area contributed by atoms with Crippen molar-refractivity contribution >= 4 is 11.3 Å². The number of aromatic nitrogens is 3. The van der Waals surface area contributed by atoms with E-state index < -0.39 is 0 Å². The Bertz CT molecular complexity index is 774. The van der Waals surface area contributed by atoms with E-state index in [-0.39, 0.29) is 0 Å². The minimum atomic E-state index is 0.435. The maximum absolute atomic E-state index is 4.68. The number of benzene rings is 1. The van der Waals surface area contributed by atoms with Gasteiger partial charge in [0.2, 0.25) is 0 Å². The zero-order valence-electron chi connectivity index (χ0n) is 13.1. The quantitative estimate of drug-likeness (QED) is 0.778. The number of nitrogens with one attached hydrogen (secondary N) is 2. The van der Waals surface area contributed by atoms with Crippen molar-refractivity contribution in [3.63, 3.8) is 0 Å². The third-order valence-corrected chi connectivity index (χ3v) is 4.35. The first-order chi connectivity index (χ1) is 11.4. The van der Waals surface area contributed by atoms with Crippen LogP contribution in [0.5, 0.6) is 0 Å². The van der Waals surface area contributed by atoms with Crippen molar-refractivity contribution in [2.75, 3.05) is 18.4 Å². The van der Waals surface area contributed by atoms with E-state index in [1.165, 1.54) is 18.4 Å². The van der Waals surface area contributed by atoms with E-state index in [9.17, 15) is 0 Å². The van der Waals surface area contributed by atoms with Gasteiger partial charge in [-0.2, -0.15) is 5.10 Å². The lowest BCUT2D eigenvalue weighted by atomic mass is 9.99. The molecule has 5 heteroatoms. The molecular weight excluding hydrogens is 286 g/mol. The maximum Gasteiger partial charge on any atom is 0.156 e. The monoisotopic (exact) mass is 307 g/mol. The lowest BCUT2D eigenvalue weighted by Gasteiger charge is -2.19. The fraction of sp³-hybridized carbons (Fsp3) is 0.333. The average Bonchev–Trinajstić information content (AvgIpc) is 3.05. The first kappa shape index (κ1) is 14.2. The largest absolute Gasteiger partial charge is 0.380 e. The van der Waals surface area contributed by atoms with Gasteiger partial charge in [-0.25, -0.2) is 9.50 Å². The number of piperidine rings is 1. The van der Waals surface area contributed by atoms with Gasteiger partial charge in [-0.05, 0) is 37.1 Å². The third kappa shape index (κ3) is 3.19. The topological polar surface area (TPSA) is 54.2 Å². The van der Waals surface area contributed by atoms with E-state index >= 15 is 0 Å². The Labute approximate surface area is 135 Å². The van der Waals surface area contributed by atoms with Gasteiger partial charge in [0.05, 0.1) is 11.9 Å². The van der Waals surface area contributed by atoms with E-state index in [1.807, 2.05) is 22.8 Å². The molecular formula is C18H21N5. The van der Waals surface area contributed by atoms with Crippen LogP contribution in [0.25, 0.3) is 5.65 Å². The molecule has 1 aliphatic heterocycles.